The minimum atomic E-state index is -0.569. The zero-order chi connectivity index (χ0) is 17.5. The Hall–Kier alpha value is -2.12. The second kappa shape index (κ2) is 8.65. The van der Waals surface area contributed by atoms with E-state index < -0.39 is 11.9 Å². The van der Waals surface area contributed by atoms with Crippen molar-refractivity contribution in [2.45, 2.75) is 20.3 Å². The fraction of sp³-hybridized carbons (Fsp3) is 0.312. The lowest BCUT2D eigenvalue weighted by Gasteiger charge is -2.03. The van der Waals surface area contributed by atoms with Gasteiger partial charge in [0.1, 0.15) is 0 Å². The molecule has 128 valence electrons. The number of nitrogens with zero attached hydrogens (tertiary/aromatic N) is 1. The molecule has 2 aromatic rings. The van der Waals surface area contributed by atoms with Crippen molar-refractivity contribution >= 4 is 45.7 Å². The molecule has 0 atom stereocenters. The number of esters is 2. The van der Waals surface area contributed by atoms with Crippen LogP contribution in [0.1, 0.15) is 29.2 Å². The number of rotatable bonds is 7. The predicted octanol–water partition coefficient (Wildman–Crippen LogP) is 3.82. The van der Waals surface area contributed by atoms with E-state index in [0.717, 1.165) is 0 Å². The van der Waals surface area contributed by atoms with E-state index in [4.69, 9.17) is 21.1 Å². The van der Waals surface area contributed by atoms with Crippen LogP contribution in [-0.2, 0) is 20.7 Å². The quantitative estimate of drug-likeness (QED) is 0.748. The largest absolute Gasteiger partial charge is 0.466 e. The Morgan fingerprint density at radius 2 is 1.92 bits per heavy atom. The fourth-order valence-corrected chi connectivity index (χ4v) is 3.03. The number of anilines is 2. The van der Waals surface area contributed by atoms with Crippen LogP contribution in [-0.4, -0.2) is 30.1 Å². The highest BCUT2D eigenvalue weighted by Crippen LogP contribution is 2.30. The SMILES string of the molecule is CCOC(=O)Cc1sc(Nc2ccccc2Cl)nc1C(=O)OCC. The zero-order valence-corrected chi connectivity index (χ0v) is 14.9. The van der Waals surface area contributed by atoms with Crippen LogP contribution in [0, 0.1) is 0 Å². The molecule has 2 rings (SSSR count). The molecular formula is C16H17ClN2O4S. The topological polar surface area (TPSA) is 77.5 Å². The average molecular weight is 369 g/mol. The molecule has 0 saturated heterocycles. The Labute approximate surface area is 148 Å². The third-order valence-corrected chi connectivity index (χ3v) is 4.19. The van der Waals surface area contributed by atoms with Crippen LogP contribution in [0.25, 0.3) is 0 Å². The molecule has 0 aliphatic heterocycles. The highest BCUT2D eigenvalue weighted by atomic mass is 35.5. The molecule has 1 aromatic carbocycles. The first-order valence-electron chi connectivity index (χ1n) is 7.39. The molecule has 8 heteroatoms. The van der Waals surface area contributed by atoms with Crippen LogP contribution < -0.4 is 5.32 Å². The molecule has 0 aliphatic carbocycles. The standard InChI is InChI=1S/C16H17ClN2O4S/c1-3-22-13(20)9-12-14(15(21)23-4-2)19-16(24-12)18-11-8-6-5-7-10(11)17/h5-8H,3-4,9H2,1-2H3,(H,18,19). The highest BCUT2D eigenvalue weighted by Gasteiger charge is 2.22. The van der Waals surface area contributed by atoms with Gasteiger partial charge in [-0.3, -0.25) is 4.79 Å². The molecule has 0 amide bonds. The number of aromatic nitrogens is 1. The number of carbonyl (C=O) groups is 2. The second-order valence-corrected chi connectivity index (χ2v) is 6.09. The van der Waals surface area contributed by atoms with Crippen LogP contribution in [0.5, 0.6) is 0 Å². The number of nitrogens with one attached hydrogen (secondary N) is 1. The lowest BCUT2D eigenvalue weighted by molar-refractivity contribution is -0.142. The van der Waals surface area contributed by atoms with Gasteiger partial charge < -0.3 is 14.8 Å². The summed E-state index contributed by atoms with van der Waals surface area (Å²) < 4.78 is 9.93. The monoisotopic (exact) mass is 368 g/mol. The van der Waals surface area contributed by atoms with E-state index in [-0.39, 0.29) is 25.3 Å². The number of thiazole rings is 1. The van der Waals surface area contributed by atoms with Gasteiger partial charge in [0.15, 0.2) is 10.8 Å². The highest BCUT2D eigenvalue weighted by molar-refractivity contribution is 7.16. The first-order chi connectivity index (χ1) is 11.5. The Morgan fingerprint density at radius 3 is 2.58 bits per heavy atom. The van der Waals surface area contributed by atoms with Gasteiger partial charge in [0.05, 0.1) is 35.2 Å². The van der Waals surface area contributed by atoms with Crippen molar-refractivity contribution in [1.82, 2.24) is 4.98 Å². The molecule has 0 bridgehead atoms. The molecule has 0 spiro atoms. The predicted molar refractivity (Wildman–Crippen MR) is 93.1 cm³/mol. The van der Waals surface area contributed by atoms with Crippen LogP contribution in [0.15, 0.2) is 24.3 Å². The first kappa shape index (κ1) is 18.2. The summed E-state index contributed by atoms with van der Waals surface area (Å²) in [6, 6.07) is 7.17. The lowest BCUT2D eigenvalue weighted by Crippen LogP contribution is -2.12. The molecule has 0 fully saturated rings. The number of ether oxygens (including phenoxy) is 2. The molecule has 0 aliphatic rings. The maximum Gasteiger partial charge on any atom is 0.358 e. The maximum atomic E-state index is 12.1. The van der Waals surface area contributed by atoms with Gasteiger partial charge in [-0.2, -0.15) is 0 Å². The van der Waals surface area contributed by atoms with Crippen LogP contribution in [0.4, 0.5) is 10.8 Å². The Balaban J connectivity index is 2.28. The van der Waals surface area contributed by atoms with Crippen molar-refractivity contribution in [3.8, 4) is 0 Å². The Bertz CT molecular complexity index is 733. The van der Waals surface area contributed by atoms with Crippen molar-refractivity contribution in [3.63, 3.8) is 0 Å². The van der Waals surface area contributed by atoms with E-state index in [1.807, 2.05) is 12.1 Å². The first-order valence-corrected chi connectivity index (χ1v) is 8.58. The Kier molecular flexibility index (Phi) is 6.57. The van der Waals surface area contributed by atoms with E-state index in [0.29, 0.717) is 20.7 Å². The van der Waals surface area contributed by atoms with E-state index in [1.165, 1.54) is 11.3 Å². The number of carbonyl (C=O) groups excluding carboxylic acids is 2. The van der Waals surface area contributed by atoms with Gasteiger partial charge in [0, 0.05) is 0 Å². The van der Waals surface area contributed by atoms with Crippen molar-refractivity contribution in [1.29, 1.82) is 0 Å². The minimum Gasteiger partial charge on any atom is -0.466 e. The molecule has 0 radical (unpaired) electrons. The maximum absolute atomic E-state index is 12.1. The van der Waals surface area contributed by atoms with E-state index in [9.17, 15) is 9.59 Å². The van der Waals surface area contributed by atoms with Gasteiger partial charge in [-0.25, -0.2) is 9.78 Å². The fourth-order valence-electron chi connectivity index (χ4n) is 1.90. The summed E-state index contributed by atoms with van der Waals surface area (Å²) in [5.41, 5.74) is 0.774. The summed E-state index contributed by atoms with van der Waals surface area (Å²) in [5.74, 6) is -0.990. The molecule has 1 heterocycles. The van der Waals surface area contributed by atoms with Crippen molar-refractivity contribution in [2.75, 3.05) is 18.5 Å². The van der Waals surface area contributed by atoms with E-state index in [1.54, 1.807) is 26.0 Å². The van der Waals surface area contributed by atoms with Gasteiger partial charge in [-0.1, -0.05) is 23.7 Å². The normalized spacial score (nSPS) is 10.3. The summed E-state index contributed by atoms with van der Waals surface area (Å²) >= 11 is 7.30. The lowest BCUT2D eigenvalue weighted by atomic mass is 10.3. The van der Waals surface area contributed by atoms with Gasteiger partial charge in [0.2, 0.25) is 0 Å². The smallest absolute Gasteiger partial charge is 0.358 e. The number of benzene rings is 1. The van der Waals surface area contributed by atoms with Gasteiger partial charge in [-0.15, -0.1) is 11.3 Å². The molecule has 0 saturated carbocycles. The molecule has 6 nitrogen and oxygen atoms in total. The van der Waals surface area contributed by atoms with E-state index in [2.05, 4.69) is 10.3 Å². The molecule has 1 aromatic heterocycles. The summed E-state index contributed by atoms with van der Waals surface area (Å²) in [7, 11) is 0. The number of hydrogen-bond donors (Lipinski definition) is 1. The minimum absolute atomic E-state index is 0.0378. The van der Waals surface area contributed by atoms with Crippen molar-refractivity contribution < 1.29 is 19.1 Å². The summed E-state index contributed by atoms with van der Waals surface area (Å²) in [4.78, 5) is 28.5. The number of hydrogen-bond acceptors (Lipinski definition) is 7. The molecular weight excluding hydrogens is 352 g/mol. The Morgan fingerprint density at radius 1 is 1.21 bits per heavy atom. The van der Waals surface area contributed by atoms with Crippen LogP contribution in [0.2, 0.25) is 5.02 Å². The van der Waals surface area contributed by atoms with Crippen molar-refractivity contribution in [2.24, 2.45) is 0 Å². The molecule has 24 heavy (non-hydrogen) atoms. The molecule has 1 N–H and O–H groups in total. The third kappa shape index (κ3) is 4.69. The van der Waals surface area contributed by atoms with Gasteiger partial charge >= 0.3 is 11.9 Å². The van der Waals surface area contributed by atoms with Crippen LogP contribution >= 0.6 is 22.9 Å². The average Bonchev–Trinajstić information content (AvgIpc) is 2.92. The summed E-state index contributed by atoms with van der Waals surface area (Å²) in [6.07, 6.45) is -0.0378. The zero-order valence-electron chi connectivity index (χ0n) is 13.3. The number of halogens is 1. The van der Waals surface area contributed by atoms with E-state index >= 15 is 0 Å². The number of para-hydroxylation sites is 1. The van der Waals surface area contributed by atoms with Gasteiger partial charge in [-0.05, 0) is 26.0 Å². The van der Waals surface area contributed by atoms with Crippen molar-refractivity contribution in [3.05, 3.63) is 39.9 Å². The van der Waals surface area contributed by atoms with Gasteiger partial charge in [0.25, 0.3) is 0 Å². The summed E-state index contributed by atoms with van der Waals surface area (Å²) in [6.45, 7) is 3.93. The second-order valence-electron chi connectivity index (χ2n) is 4.60. The summed E-state index contributed by atoms with van der Waals surface area (Å²) in [5, 5.41) is 4.03. The third-order valence-electron chi connectivity index (χ3n) is 2.89. The van der Waals surface area contributed by atoms with Crippen LogP contribution in [0.3, 0.4) is 0 Å². The molecule has 0 unspecified atom stereocenters.